The molecule has 0 spiro atoms. The van der Waals surface area contributed by atoms with Crippen LogP contribution in [-0.2, 0) is 6.54 Å². The molecule has 6 heteroatoms. The molecule has 1 aromatic heterocycles. The van der Waals surface area contributed by atoms with E-state index in [-0.39, 0.29) is 5.91 Å². The van der Waals surface area contributed by atoms with Gasteiger partial charge in [0.25, 0.3) is 5.91 Å². The van der Waals surface area contributed by atoms with Crippen LogP contribution >= 0.6 is 11.6 Å². The third-order valence-corrected chi connectivity index (χ3v) is 3.93. The van der Waals surface area contributed by atoms with Crippen LogP contribution in [0.2, 0.25) is 5.02 Å². The lowest BCUT2D eigenvalue weighted by Gasteiger charge is -2.11. The molecule has 0 fully saturated rings. The van der Waals surface area contributed by atoms with E-state index >= 15 is 0 Å². The maximum absolute atomic E-state index is 12.4. The van der Waals surface area contributed by atoms with E-state index in [2.05, 4.69) is 10.3 Å². The van der Waals surface area contributed by atoms with Crippen molar-refractivity contribution in [2.24, 2.45) is 0 Å². The van der Waals surface area contributed by atoms with Crippen molar-refractivity contribution in [1.29, 1.82) is 0 Å². The molecule has 0 aliphatic carbocycles. The average molecular weight is 343 g/mol. The first-order valence-electron chi connectivity index (χ1n) is 7.27. The minimum absolute atomic E-state index is 0.240. The molecule has 1 N–H and O–H groups in total. The number of nitrogens with one attached hydrogen (secondary N) is 1. The van der Waals surface area contributed by atoms with Gasteiger partial charge in [-0.2, -0.15) is 0 Å². The Bertz CT molecular complexity index is 847. The standard InChI is InChI=1S/C18H15ClN2O3/c1-23-16-8-12(17-10-20-11-24-17)6-7-14(16)18(22)21-9-13-4-2-3-5-15(13)19/h2-8,10-11H,9H2,1H3,(H,21,22). The molecular weight excluding hydrogens is 328 g/mol. The van der Waals surface area contributed by atoms with Crippen LogP contribution in [0.3, 0.4) is 0 Å². The SMILES string of the molecule is COc1cc(-c2cnco2)ccc1C(=O)NCc1ccccc1Cl. The van der Waals surface area contributed by atoms with E-state index < -0.39 is 0 Å². The zero-order valence-corrected chi connectivity index (χ0v) is 13.7. The first-order valence-corrected chi connectivity index (χ1v) is 7.65. The number of benzene rings is 2. The number of amides is 1. The van der Waals surface area contributed by atoms with Gasteiger partial charge in [0.1, 0.15) is 5.75 Å². The van der Waals surface area contributed by atoms with Gasteiger partial charge >= 0.3 is 0 Å². The summed E-state index contributed by atoms with van der Waals surface area (Å²) in [5.74, 6) is 0.827. The molecule has 0 saturated carbocycles. The van der Waals surface area contributed by atoms with Crippen LogP contribution in [0.25, 0.3) is 11.3 Å². The number of nitrogens with zero attached hydrogens (tertiary/aromatic N) is 1. The van der Waals surface area contributed by atoms with Crippen molar-refractivity contribution < 1.29 is 13.9 Å². The predicted molar refractivity (Wildman–Crippen MR) is 91.1 cm³/mol. The third kappa shape index (κ3) is 3.41. The van der Waals surface area contributed by atoms with Crippen LogP contribution in [0, 0.1) is 0 Å². The van der Waals surface area contributed by atoms with E-state index in [4.69, 9.17) is 20.8 Å². The number of carbonyl (C=O) groups excluding carboxylic acids is 1. The molecule has 3 rings (SSSR count). The molecule has 0 atom stereocenters. The molecule has 0 radical (unpaired) electrons. The lowest BCUT2D eigenvalue weighted by atomic mass is 10.1. The van der Waals surface area contributed by atoms with Crippen LogP contribution in [0.15, 0.2) is 59.5 Å². The molecular formula is C18H15ClN2O3. The highest BCUT2D eigenvalue weighted by Crippen LogP contribution is 2.27. The summed E-state index contributed by atoms with van der Waals surface area (Å²) >= 11 is 6.10. The molecule has 122 valence electrons. The fourth-order valence-corrected chi connectivity index (χ4v) is 2.51. The Morgan fingerprint density at radius 1 is 1.29 bits per heavy atom. The van der Waals surface area contributed by atoms with E-state index in [9.17, 15) is 4.79 Å². The molecule has 5 nitrogen and oxygen atoms in total. The Kier molecular flexibility index (Phi) is 4.82. The first kappa shape index (κ1) is 16.1. The molecule has 0 aliphatic rings. The fourth-order valence-electron chi connectivity index (χ4n) is 2.30. The van der Waals surface area contributed by atoms with Crippen LogP contribution in [-0.4, -0.2) is 18.0 Å². The summed E-state index contributed by atoms with van der Waals surface area (Å²) in [7, 11) is 1.52. The van der Waals surface area contributed by atoms with Crippen LogP contribution in [0.5, 0.6) is 5.75 Å². The van der Waals surface area contributed by atoms with Crippen molar-refractivity contribution in [2.45, 2.75) is 6.54 Å². The minimum atomic E-state index is -0.240. The minimum Gasteiger partial charge on any atom is -0.496 e. The van der Waals surface area contributed by atoms with Gasteiger partial charge in [0.05, 0.1) is 18.9 Å². The lowest BCUT2D eigenvalue weighted by Crippen LogP contribution is -2.23. The summed E-state index contributed by atoms with van der Waals surface area (Å²) in [4.78, 5) is 16.3. The number of oxazole rings is 1. The number of halogens is 1. The Morgan fingerprint density at radius 3 is 2.83 bits per heavy atom. The summed E-state index contributed by atoms with van der Waals surface area (Å²) in [5, 5.41) is 3.46. The number of aromatic nitrogens is 1. The Morgan fingerprint density at radius 2 is 2.12 bits per heavy atom. The van der Waals surface area contributed by atoms with Gasteiger partial charge < -0.3 is 14.5 Å². The highest BCUT2D eigenvalue weighted by Gasteiger charge is 2.14. The summed E-state index contributed by atoms with van der Waals surface area (Å²) in [5.41, 5.74) is 2.07. The van der Waals surface area contributed by atoms with Crippen molar-refractivity contribution in [3.63, 3.8) is 0 Å². The molecule has 0 bridgehead atoms. The molecule has 3 aromatic rings. The summed E-state index contributed by atoms with van der Waals surface area (Å²) in [6.07, 6.45) is 2.96. The smallest absolute Gasteiger partial charge is 0.255 e. The van der Waals surface area contributed by atoms with Gasteiger partial charge in [-0.25, -0.2) is 4.98 Å². The summed E-state index contributed by atoms with van der Waals surface area (Å²) in [6.45, 7) is 0.339. The molecule has 1 heterocycles. The number of rotatable bonds is 5. The number of hydrogen-bond acceptors (Lipinski definition) is 4. The number of hydrogen-bond donors (Lipinski definition) is 1. The van der Waals surface area contributed by atoms with Crippen molar-refractivity contribution in [3.8, 4) is 17.1 Å². The van der Waals surface area contributed by atoms with E-state index in [1.807, 2.05) is 18.2 Å². The highest BCUT2D eigenvalue weighted by molar-refractivity contribution is 6.31. The van der Waals surface area contributed by atoms with E-state index in [1.54, 1.807) is 30.5 Å². The molecule has 0 unspecified atom stereocenters. The maximum atomic E-state index is 12.4. The zero-order chi connectivity index (χ0) is 16.9. The van der Waals surface area contributed by atoms with Crippen LogP contribution in [0.1, 0.15) is 15.9 Å². The van der Waals surface area contributed by atoms with E-state index in [1.165, 1.54) is 13.5 Å². The third-order valence-electron chi connectivity index (χ3n) is 3.56. The molecule has 24 heavy (non-hydrogen) atoms. The van der Waals surface area contributed by atoms with Gasteiger partial charge in [-0.1, -0.05) is 35.9 Å². The number of ether oxygens (including phenoxy) is 1. The fraction of sp³-hybridized carbons (Fsp3) is 0.111. The Balaban J connectivity index is 1.78. The number of methoxy groups -OCH3 is 1. The van der Waals surface area contributed by atoms with Crippen molar-refractivity contribution in [2.75, 3.05) is 7.11 Å². The van der Waals surface area contributed by atoms with Crippen molar-refractivity contribution in [3.05, 3.63) is 71.2 Å². The number of carbonyl (C=O) groups is 1. The zero-order valence-electron chi connectivity index (χ0n) is 13.0. The Hall–Kier alpha value is -2.79. The second-order valence-electron chi connectivity index (χ2n) is 5.05. The molecule has 1 amide bonds. The summed E-state index contributed by atoms with van der Waals surface area (Å²) in [6, 6.07) is 12.6. The van der Waals surface area contributed by atoms with Gasteiger partial charge in [0, 0.05) is 17.1 Å². The van der Waals surface area contributed by atoms with Gasteiger partial charge in [-0.05, 0) is 23.8 Å². The second-order valence-corrected chi connectivity index (χ2v) is 5.46. The van der Waals surface area contributed by atoms with Gasteiger partial charge in [-0.15, -0.1) is 0 Å². The quantitative estimate of drug-likeness (QED) is 0.763. The average Bonchev–Trinajstić information content (AvgIpc) is 3.15. The second kappa shape index (κ2) is 7.19. The lowest BCUT2D eigenvalue weighted by molar-refractivity contribution is 0.0948. The maximum Gasteiger partial charge on any atom is 0.255 e. The van der Waals surface area contributed by atoms with E-state index in [0.29, 0.717) is 28.6 Å². The molecule has 0 aliphatic heterocycles. The normalized spacial score (nSPS) is 10.4. The van der Waals surface area contributed by atoms with Gasteiger partial charge in [0.2, 0.25) is 0 Å². The molecule has 0 saturated heterocycles. The Labute approximate surface area is 144 Å². The topological polar surface area (TPSA) is 64.4 Å². The van der Waals surface area contributed by atoms with E-state index in [0.717, 1.165) is 11.1 Å². The largest absolute Gasteiger partial charge is 0.496 e. The van der Waals surface area contributed by atoms with Crippen LogP contribution in [0.4, 0.5) is 0 Å². The predicted octanol–water partition coefficient (Wildman–Crippen LogP) is 3.93. The molecule has 2 aromatic carbocycles. The van der Waals surface area contributed by atoms with Crippen LogP contribution < -0.4 is 10.1 Å². The highest BCUT2D eigenvalue weighted by atomic mass is 35.5. The van der Waals surface area contributed by atoms with Crippen molar-refractivity contribution in [1.82, 2.24) is 10.3 Å². The monoisotopic (exact) mass is 342 g/mol. The van der Waals surface area contributed by atoms with Gasteiger partial charge in [0.15, 0.2) is 12.2 Å². The van der Waals surface area contributed by atoms with Crippen molar-refractivity contribution >= 4 is 17.5 Å². The summed E-state index contributed by atoms with van der Waals surface area (Å²) < 4.78 is 10.6. The first-order chi connectivity index (χ1) is 11.7. The van der Waals surface area contributed by atoms with Gasteiger partial charge in [-0.3, -0.25) is 4.79 Å².